The predicted molar refractivity (Wildman–Crippen MR) is 160 cm³/mol. The quantitative estimate of drug-likeness (QED) is 0.136. The molecule has 2 N–H and O–H groups in total. The van der Waals surface area contributed by atoms with E-state index in [4.69, 9.17) is 25.9 Å². The van der Waals surface area contributed by atoms with Crippen LogP contribution in [0.3, 0.4) is 0 Å². The molecule has 0 spiro atoms. The van der Waals surface area contributed by atoms with Gasteiger partial charge in [0.05, 0.1) is 6.54 Å². The van der Waals surface area contributed by atoms with Gasteiger partial charge < -0.3 is 24.5 Å². The van der Waals surface area contributed by atoms with Crippen molar-refractivity contribution in [3.8, 4) is 0 Å². The highest BCUT2D eigenvalue weighted by molar-refractivity contribution is 7.14. The van der Waals surface area contributed by atoms with Crippen LogP contribution in [0.2, 0.25) is 0 Å². The standard InChI is InChI=1S/C28H36ClN5O7S/c1-26(2,3)39-23(37)28(7,8)41-33-20(19-15-42-24(31-19)32-25(38)40-27(4,5)6)21(35)30-18-14-34(22(18)36)17-11-9-16(13-29)10-12-17/h9-12,15,18H,13-14H2,1-8H3,(H,30,35)(H,31,32,38)/b33-20-/t18-/m0/s1. The number of alkyl halides is 1. The number of esters is 1. The Morgan fingerprint density at radius 3 is 2.21 bits per heavy atom. The number of hydrogen-bond donors (Lipinski definition) is 2. The molecule has 0 radical (unpaired) electrons. The van der Waals surface area contributed by atoms with Crippen molar-refractivity contribution < 1.29 is 33.5 Å². The summed E-state index contributed by atoms with van der Waals surface area (Å²) in [7, 11) is 0. The fraction of sp³-hybridized carbons (Fsp3) is 0.500. The van der Waals surface area contributed by atoms with Crippen molar-refractivity contribution in [2.45, 2.75) is 84.1 Å². The SMILES string of the molecule is CC(C)(C)OC(=O)Nc1nc(/C(=N/OC(C)(C)C(=O)OC(C)(C)C)C(=O)N[C@H]2CN(c3ccc(CCl)cc3)C2=O)cs1. The van der Waals surface area contributed by atoms with E-state index in [9.17, 15) is 19.2 Å². The van der Waals surface area contributed by atoms with Gasteiger partial charge in [-0.1, -0.05) is 17.3 Å². The van der Waals surface area contributed by atoms with Crippen molar-refractivity contribution in [3.05, 3.63) is 40.9 Å². The topological polar surface area (TPSA) is 149 Å². The first-order valence-corrected chi connectivity index (χ1v) is 14.5. The Morgan fingerprint density at radius 1 is 1.05 bits per heavy atom. The van der Waals surface area contributed by atoms with Crippen LogP contribution in [-0.2, 0) is 34.6 Å². The lowest BCUT2D eigenvalue weighted by molar-refractivity contribution is -0.179. The number of carbonyl (C=O) groups is 4. The third-order valence-corrected chi connectivity index (χ3v) is 6.53. The first kappa shape index (κ1) is 32.8. The molecule has 1 aliphatic rings. The van der Waals surface area contributed by atoms with E-state index in [1.54, 1.807) is 53.7 Å². The van der Waals surface area contributed by atoms with Gasteiger partial charge in [0.1, 0.15) is 22.9 Å². The number of hydrogen-bond acceptors (Lipinski definition) is 10. The van der Waals surface area contributed by atoms with Crippen LogP contribution in [-0.4, -0.2) is 64.0 Å². The molecule has 0 unspecified atom stereocenters. The second-order valence-corrected chi connectivity index (χ2v) is 13.1. The van der Waals surface area contributed by atoms with E-state index in [1.807, 2.05) is 12.1 Å². The lowest BCUT2D eigenvalue weighted by Crippen LogP contribution is -2.65. The Kier molecular flexibility index (Phi) is 9.88. The van der Waals surface area contributed by atoms with Crippen molar-refractivity contribution in [2.75, 3.05) is 16.8 Å². The molecule has 0 saturated carbocycles. The van der Waals surface area contributed by atoms with Crippen molar-refractivity contribution in [2.24, 2.45) is 5.16 Å². The Balaban J connectivity index is 1.80. The molecule has 12 nitrogen and oxygen atoms in total. The molecule has 3 amide bonds. The van der Waals surface area contributed by atoms with Gasteiger partial charge in [0.15, 0.2) is 10.8 Å². The van der Waals surface area contributed by atoms with Gasteiger partial charge in [-0.2, -0.15) is 0 Å². The van der Waals surface area contributed by atoms with E-state index in [0.29, 0.717) is 11.6 Å². The summed E-state index contributed by atoms with van der Waals surface area (Å²) >= 11 is 6.86. The monoisotopic (exact) mass is 621 g/mol. The molecular weight excluding hydrogens is 586 g/mol. The van der Waals surface area contributed by atoms with Crippen molar-refractivity contribution in [3.63, 3.8) is 0 Å². The Hall–Kier alpha value is -3.71. The third-order valence-electron chi connectivity index (χ3n) is 5.46. The largest absolute Gasteiger partial charge is 0.457 e. The van der Waals surface area contributed by atoms with Gasteiger partial charge in [-0.05, 0) is 73.1 Å². The molecular formula is C28H36ClN5O7S. The number of halogens is 1. The van der Waals surface area contributed by atoms with E-state index >= 15 is 0 Å². The maximum Gasteiger partial charge on any atom is 0.413 e. The summed E-state index contributed by atoms with van der Waals surface area (Å²) in [5.41, 5.74) is -1.75. The van der Waals surface area contributed by atoms with E-state index in [-0.39, 0.29) is 29.0 Å². The van der Waals surface area contributed by atoms with Crippen LogP contribution in [0, 0.1) is 0 Å². The highest BCUT2D eigenvalue weighted by Crippen LogP contribution is 2.24. The molecule has 0 bridgehead atoms. The molecule has 2 heterocycles. The zero-order valence-corrected chi connectivity index (χ0v) is 26.4. The normalized spacial score (nSPS) is 15.9. The van der Waals surface area contributed by atoms with Crippen molar-refractivity contribution >= 4 is 63.3 Å². The molecule has 1 aromatic heterocycles. The summed E-state index contributed by atoms with van der Waals surface area (Å²) < 4.78 is 10.6. The molecule has 2 aromatic rings. The number of nitrogens with zero attached hydrogens (tertiary/aromatic N) is 3. The molecule has 228 valence electrons. The smallest absolute Gasteiger partial charge is 0.413 e. The summed E-state index contributed by atoms with van der Waals surface area (Å²) in [5.74, 6) is -1.43. The van der Waals surface area contributed by atoms with Crippen LogP contribution in [0.15, 0.2) is 34.8 Å². The number of ether oxygens (including phenoxy) is 2. The maximum atomic E-state index is 13.4. The van der Waals surface area contributed by atoms with Gasteiger partial charge in [0, 0.05) is 16.9 Å². The molecule has 1 aromatic carbocycles. The number of nitrogens with one attached hydrogen (secondary N) is 2. The van der Waals surface area contributed by atoms with E-state index in [0.717, 1.165) is 16.9 Å². The Labute approximate surface area is 253 Å². The summed E-state index contributed by atoms with van der Waals surface area (Å²) in [6, 6.07) is 6.37. The molecule has 0 aliphatic carbocycles. The fourth-order valence-corrected chi connectivity index (χ4v) is 4.25. The number of carbonyl (C=O) groups excluding carboxylic acids is 4. The second kappa shape index (κ2) is 12.7. The van der Waals surface area contributed by atoms with E-state index < -0.39 is 40.8 Å². The van der Waals surface area contributed by atoms with E-state index in [2.05, 4.69) is 20.8 Å². The van der Waals surface area contributed by atoms with Crippen LogP contribution in [0.1, 0.15) is 66.6 Å². The summed E-state index contributed by atoms with van der Waals surface area (Å²) in [6.45, 7) is 13.4. The molecule has 1 aliphatic heterocycles. The first-order valence-electron chi connectivity index (χ1n) is 13.1. The van der Waals surface area contributed by atoms with Gasteiger partial charge in [0.25, 0.3) is 11.8 Å². The average Bonchev–Trinajstić information content (AvgIpc) is 3.31. The molecule has 14 heteroatoms. The van der Waals surface area contributed by atoms with Crippen LogP contribution in [0.4, 0.5) is 15.6 Å². The number of anilines is 2. The number of oxime groups is 1. The molecule has 1 fully saturated rings. The summed E-state index contributed by atoms with van der Waals surface area (Å²) in [5, 5.41) is 10.7. The zero-order chi connectivity index (χ0) is 31.5. The minimum Gasteiger partial charge on any atom is -0.457 e. The molecule has 1 atom stereocenters. The van der Waals surface area contributed by atoms with Crippen LogP contribution >= 0.6 is 22.9 Å². The average molecular weight is 622 g/mol. The van der Waals surface area contributed by atoms with Crippen LogP contribution in [0.5, 0.6) is 0 Å². The molecule has 42 heavy (non-hydrogen) atoms. The number of aromatic nitrogens is 1. The number of amides is 3. The lowest BCUT2D eigenvalue weighted by atomic mass is 10.0. The van der Waals surface area contributed by atoms with Gasteiger partial charge in [-0.3, -0.25) is 14.9 Å². The number of β-lactam (4-membered cyclic amide) rings is 1. The maximum absolute atomic E-state index is 13.4. The zero-order valence-electron chi connectivity index (χ0n) is 24.9. The van der Waals surface area contributed by atoms with Gasteiger partial charge in [0.2, 0.25) is 5.60 Å². The second-order valence-electron chi connectivity index (χ2n) is 12.0. The van der Waals surface area contributed by atoms with Crippen LogP contribution < -0.4 is 15.5 Å². The lowest BCUT2D eigenvalue weighted by Gasteiger charge is -2.38. The van der Waals surface area contributed by atoms with Crippen molar-refractivity contribution in [1.82, 2.24) is 10.3 Å². The summed E-state index contributed by atoms with van der Waals surface area (Å²) in [4.78, 5) is 62.4. The number of rotatable bonds is 9. The van der Waals surface area contributed by atoms with E-state index in [1.165, 1.54) is 24.1 Å². The Bertz CT molecular complexity index is 1360. The van der Waals surface area contributed by atoms with Gasteiger partial charge >= 0.3 is 12.1 Å². The highest BCUT2D eigenvalue weighted by atomic mass is 35.5. The first-order chi connectivity index (χ1) is 19.4. The molecule has 1 saturated heterocycles. The Morgan fingerprint density at radius 2 is 1.67 bits per heavy atom. The van der Waals surface area contributed by atoms with Gasteiger partial charge in [-0.15, -0.1) is 22.9 Å². The third kappa shape index (κ3) is 8.89. The minimum absolute atomic E-state index is 0.0452. The number of thiazole rings is 1. The number of benzene rings is 1. The highest BCUT2D eigenvalue weighted by Gasteiger charge is 2.40. The van der Waals surface area contributed by atoms with Crippen molar-refractivity contribution in [1.29, 1.82) is 0 Å². The fourth-order valence-electron chi connectivity index (χ4n) is 3.39. The minimum atomic E-state index is -1.56. The van der Waals surface area contributed by atoms with Crippen LogP contribution in [0.25, 0.3) is 0 Å². The predicted octanol–water partition coefficient (Wildman–Crippen LogP) is 4.60. The van der Waals surface area contributed by atoms with Gasteiger partial charge in [-0.25, -0.2) is 14.6 Å². The summed E-state index contributed by atoms with van der Waals surface area (Å²) in [6.07, 6.45) is -0.729. The molecule has 3 rings (SSSR count).